The summed E-state index contributed by atoms with van der Waals surface area (Å²) in [5.41, 5.74) is 1.31. The average molecular weight is 641 g/mol. The number of hydrogen-bond donors (Lipinski definition) is 1. The van der Waals surface area contributed by atoms with E-state index in [4.69, 9.17) is 20.5 Å². The van der Waals surface area contributed by atoms with Gasteiger partial charge < -0.3 is 14.2 Å². The van der Waals surface area contributed by atoms with E-state index >= 15 is 0 Å². The lowest BCUT2D eigenvalue weighted by molar-refractivity contribution is -0.115. The minimum absolute atomic E-state index is 0.0379. The molecule has 1 aliphatic heterocycles. The van der Waals surface area contributed by atoms with Gasteiger partial charge in [-0.3, -0.25) is 4.79 Å². The number of thioether (sulfide) groups is 1. The summed E-state index contributed by atoms with van der Waals surface area (Å²) in [5, 5.41) is 3.78. The summed E-state index contributed by atoms with van der Waals surface area (Å²) in [6.45, 7) is 2.08. The third kappa shape index (κ3) is 6.37. The quantitative estimate of drug-likeness (QED) is 0.193. The number of nitrogens with zero attached hydrogens (tertiary/aromatic N) is 1. The van der Waals surface area contributed by atoms with E-state index < -0.39 is 10.1 Å². The molecule has 3 aromatic carbocycles. The predicted octanol–water partition coefficient (Wildman–Crippen LogP) is 6.00. The molecule has 0 spiro atoms. The number of ether oxygens (including phenoxy) is 1. The molecule has 0 aromatic heterocycles. The number of amides is 1. The van der Waals surface area contributed by atoms with Gasteiger partial charge in [0.2, 0.25) is 0 Å². The van der Waals surface area contributed by atoms with E-state index in [0.717, 1.165) is 0 Å². The van der Waals surface area contributed by atoms with Crippen LogP contribution in [0.15, 0.2) is 81.5 Å². The number of hydrogen-bond acceptors (Lipinski definition) is 7. The maximum Gasteiger partial charge on any atom is 0.339 e. The van der Waals surface area contributed by atoms with Crippen molar-refractivity contribution in [2.75, 3.05) is 6.61 Å². The van der Waals surface area contributed by atoms with Crippen LogP contribution in [0.1, 0.15) is 12.5 Å². The van der Waals surface area contributed by atoms with Crippen LogP contribution in [0.3, 0.4) is 0 Å². The molecule has 1 amide bonds. The number of carbonyl (C=O) groups excluding carboxylic acids is 1. The van der Waals surface area contributed by atoms with Crippen molar-refractivity contribution in [1.29, 1.82) is 0 Å². The molecule has 0 unspecified atom stereocenters. The highest BCUT2D eigenvalue weighted by atomic mass is 127. The van der Waals surface area contributed by atoms with Crippen LogP contribution in [0.5, 0.6) is 11.5 Å². The van der Waals surface area contributed by atoms with Crippen LogP contribution < -0.4 is 14.2 Å². The Balaban J connectivity index is 1.62. The van der Waals surface area contributed by atoms with Crippen molar-refractivity contribution in [3.05, 3.63) is 85.8 Å². The van der Waals surface area contributed by atoms with E-state index in [1.807, 2.05) is 22.6 Å². The molecule has 11 heteroatoms. The molecular formula is C24H18ClIN2O5S2. The highest BCUT2D eigenvalue weighted by Gasteiger charge is 2.25. The Kier molecular flexibility index (Phi) is 8.05. The number of benzene rings is 3. The van der Waals surface area contributed by atoms with Crippen molar-refractivity contribution in [3.63, 3.8) is 0 Å². The molecule has 180 valence electrons. The molecule has 7 nitrogen and oxygen atoms in total. The van der Waals surface area contributed by atoms with Gasteiger partial charge in [-0.05, 0) is 101 Å². The number of halogens is 2. The summed E-state index contributed by atoms with van der Waals surface area (Å²) in [4.78, 5) is 17.4. The Labute approximate surface area is 225 Å². The van der Waals surface area contributed by atoms with E-state index in [1.54, 1.807) is 67.6 Å². The van der Waals surface area contributed by atoms with Gasteiger partial charge in [0.15, 0.2) is 16.7 Å². The lowest BCUT2D eigenvalue weighted by atomic mass is 10.2. The van der Waals surface area contributed by atoms with Gasteiger partial charge in [-0.25, -0.2) is 4.99 Å². The van der Waals surface area contributed by atoms with Crippen LogP contribution in [0.25, 0.3) is 6.08 Å². The lowest BCUT2D eigenvalue weighted by Crippen LogP contribution is -2.19. The Morgan fingerprint density at radius 1 is 1.11 bits per heavy atom. The number of carbonyl (C=O) groups is 1. The third-order valence-corrected chi connectivity index (χ3v) is 7.76. The molecule has 3 aromatic rings. The van der Waals surface area contributed by atoms with Crippen LogP contribution in [-0.2, 0) is 14.9 Å². The van der Waals surface area contributed by atoms with Crippen molar-refractivity contribution in [1.82, 2.24) is 5.32 Å². The van der Waals surface area contributed by atoms with E-state index in [9.17, 15) is 13.2 Å². The fourth-order valence-electron chi connectivity index (χ4n) is 3.02. The smallest absolute Gasteiger partial charge is 0.339 e. The first-order valence-electron chi connectivity index (χ1n) is 10.3. The molecule has 1 aliphatic rings. The molecule has 0 saturated carbocycles. The molecule has 4 rings (SSSR count). The van der Waals surface area contributed by atoms with Gasteiger partial charge in [0.1, 0.15) is 4.90 Å². The van der Waals surface area contributed by atoms with Crippen LogP contribution in [0.4, 0.5) is 5.69 Å². The van der Waals surface area contributed by atoms with Crippen molar-refractivity contribution in [3.8, 4) is 11.5 Å². The monoisotopic (exact) mass is 640 g/mol. The normalized spacial score (nSPS) is 15.9. The molecule has 0 atom stereocenters. The predicted molar refractivity (Wildman–Crippen MR) is 147 cm³/mol. The summed E-state index contributed by atoms with van der Waals surface area (Å²) >= 11 is 9.08. The van der Waals surface area contributed by atoms with Crippen LogP contribution in [0.2, 0.25) is 5.02 Å². The van der Waals surface area contributed by atoms with Gasteiger partial charge in [0.25, 0.3) is 5.91 Å². The molecule has 0 radical (unpaired) electrons. The zero-order chi connectivity index (χ0) is 25.0. The first kappa shape index (κ1) is 25.5. The fraction of sp³-hybridized carbons (Fsp3) is 0.0833. The Hall–Kier alpha value is -2.54. The van der Waals surface area contributed by atoms with Crippen molar-refractivity contribution in [2.45, 2.75) is 11.8 Å². The molecule has 1 N–H and O–H groups in total. The minimum Gasteiger partial charge on any atom is -0.490 e. The van der Waals surface area contributed by atoms with Gasteiger partial charge in [0, 0.05) is 5.02 Å². The Morgan fingerprint density at radius 3 is 2.51 bits per heavy atom. The zero-order valence-electron chi connectivity index (χ0n) is 18.2. The average Bonchev–Trinajstić information content (AvgIpc) is 3.17. The van der Waals surface area contributed by atoms with Gasteiger partial charge in [-0.2, -0.15) is 8.42 Å². The molecule has 1 fully saturated rings. The van der Waals surface area contributed by atoms with Gasteiger partial charge >= 0.3 is 10.1 Å². The van der Waals surface area contributed by atoms with Gasteiger partial charge in [-0.1, -0.05) is 29.8 Å². The van der Waals surface area contributed by atoms with E-state index in [-0.39, 0.29) is 22.3 Å². The molecule has 0 aliphatic carbocycles. The molecule has 0 bridgehead atoms. The van der Waals surface area contributed by atoms with E-state index in [2.05, 4.69) is 10.3 Å². The SMILES string of the molecule is CCOc1cc(/C=C2\SC(=Nc3ccc(Cl)cc3)NC2=O)cc(I)c1OS(=O)(=O)c1ccccc1. The second kappa shape index (κ2) is 11.0. The highest BCUT2D eigenvalue weighted by molar-refractivity contribution is 14.1. The molecular weight excluding hydrogens is 623 g/mol. The Morgan fingerprint density at radius 2 is 1.83 bits per heavy atom. The first-order chi connectivity index (χ1) is 16.7. The maximum atomic E-state index is 12.8. The minimum atomic E-state index is -4.05. The summed E-state index contributed by atoms with van der Waals surface area (Å²) < 4.78 is 37.1. The van der Waals surface area contributed by atoms with Crippen LogP contribution in [-0.4, -0.2) is 26.1 Å². The molecule has 35 heavy (non-hydrogen) atoms. The summed E-state index contributed by atoms with van der Waals surface area (Å²) in [7, 11) is -4.05. The van der Waals surface area contributed by atoms with E-state index in [0.29, 0.717) is 36.5 Å². The number of nitrogens with one attached hydrogen (secondary N) is 1. The van der Waals surface area contributed by atoms with Crippen molar-refractivity contribution >= 4 is 78.9 Å². The van der Waals surface area contributed by atoms with Crippen molar-refractivity contribution < 1.29 is 22.1 Å². The summed E-state index contributed by atoms with van der Waals surface area (Å²) in [6, 6.07) is 18.2. The van der Waals surface area contributed by atoms with Crippen molar-refractivity contribution in [2.24, 2.45) is 4.99 Å². The second-order valence-corrected chi connectivity index (χ2v) is 11.2. The number of rotatable bonds is 7. The topological polar surface area (TPSA) is 94.1 Å². The van der Waals surface area contributed by atoms with Crippen LogP contribution >= 0.6 is 46.0 Å². The number of amidine groups is 1. The van der Waals surface area contributed by atoms with Crippen LogP contribution in [0, 0.1) is 3.57 Å². The summed E-state index contributed by atoms with van der Waals surface area (Å²) in [6.07, 6.45) is 1.69. The van der Waals surface area contributed by atoms with Gasteiger partial charge in [-0.15, -0.1) is 0 Å². The van der Waals surface area contributed by atoms with E-state index in [1.165, 1.54) is 23.9 Å². The Bertz CT molecular complexity index is 1430. The standard InChI is InChI=1S/C24H18ClIN2O5S2/c1-2-32-20-13-15(12-19(26)22(20)33-35(30,31)18-6-4-3-5-7-18)14-21-23(29)28-24(34-21)27-17-10-8-16(25)9-11-17/h3-14H,2H2,1H3,(H,27,28,29)/b21-14-. The molecule has 1 heterocycles. The van der Waals surface area contributed by atoms with Gasteiger partial charge in [0.05, 0.1) is 20.8 Å². The fourth-order valence-corrected chi connectivity index (χ4v) is 5.86. The largest absolute Gasteiger partial charge is 0.490 e. The first-order valence-corrected chi connectivity index (χ1v) is 13.9. The zero-order valence-corrected chi connectivity index (χ0v) is 22.7. The molecule has 1 saturated heterocycles. The second-order valence-electron chi connectivity index (χ2n) is 7.07. The maximum absolute atomic E-state index is 12.8. The summed E-state index contributed by atoms with van der Waals surface area (Å²) in [5.74, 6) is 0.0545. The number of aliphatic imine (C=N–C) groups is 1. The lowest BCUT2D eigenvalue weighted by Gasteiger charge is -2.14. The third-order valence-electron chi connectivity index (χ3n) is 4.56. The highest BCUT2D eigenvalue weighted by Crippen LogP contribution is 2.38.